The number of hydrogen-bond acceptors (Lipinski definition) is 5. The molecule has 2 aromatic rings. The van der Waals surface area contributed by atoms with Crippen LogP contribution < -0.4 is 24.3 Å². The number of nitrogens with one attached hydrogen (secondary N) is 1. The zero-order valence-electron chi connectivity index (χ0n) is 13.6. The molecular formula is C18H21NO4. The highest BCUT2D eigenvalue weighted by Gasteiger charge is 2.20. The zero-order chi connectivity index (χ0) is 16.2. The topological polar surface area (TPSA) is 49.0 Å². The molecule has 0 radical (unpaired) electrons. The van der Waals surface area contributed by atoms with E-state index in [1.54, 1.807) is 14.2 Å². The van der Waals surface area contributed by atoms with E-state index >= 15 is 0 Å². The zero-order valence-corrected chi connectivity index (χ0v) is 13.6. The van der Waals surface area contributed by atoms with Gasteiger partial charge in [-0.05, 0) is 30.7 Å². The van der Waals surface area contributed by atoms with Gasteiger partial charge in [0.25, 0.3) is 0 Å². The highest BCUT2D eigenvalue weighted by molar-refractivity contribution is 5.55. The van der Waals surface area contributed by atoms with Gasteiger partial charge in [-0.1, -0.05) is 18.2 Å². The first-order valence-electron chi connectivity index (χ1n) is 7.55. The van der Waals surface area contributed by atoms with E-state index in [0.717, 1.165) is 22.6 Å². The van der Waals surface area contributed by atoms with Gasteiger partial charge in [-0.15, -0.1) is 0 Å². The van der Waals surface area contributed by atoms with Gasteiger partial charge in [-0.3, -0.25) is 0 Å². The molecule has 0 aromatic heterocycles. The SMILES string of the molecule is COc1ccccc1[C@@H](C)NCc1cc(OC)c2c(c1)OCO2. The van der Waals surface area contributed by atoms with E-state index in [2.05, 4.69) is 18.3 Å². The Bertz CT molecular complexity index is 687. The summed E-state index contributed by atoms with van der Waals surface area (Å²) >= 11 is 0. The summed E-state index contributed by atoms with van der Waals surface area (Å²) in [6.45, 7) is 3.04. The second-order valence-electron chi connectivity index (χ2n) is 5.38. The molecule has 1 atom stereocenters. The lowest BCUT2D eigenvalue weighted by Gasteiger charge is -2.17. The van der Waals surface area contributed by atoms with Crippen molar-refractivity contribution < 1.29 is 18.9 Å². The van der Waals surface area contributed by atoms with Crippen LogP contribution in [0.4, 0.5) is 0 Å². The van der Waals surface area contributed by atoms with E-state index in [1.165, 1.54) is 0 Å². The standard InChI is InChI=1S/C18H21NO4/c1-12(14-6-4-5-7-15(14)20-2)19-10-13-8-16(21-3)18-17(9-13)22-11-23-18/h4-9,12,19H,10-11H2,1-3H3/t12-/m1/s1. The average molecular weight is 315 g/mol. The van der Waals surface area contributed by atoms with E-state index in [-0.39, 0.29) is 12.8 Å². The maximum absolute atomic E-state index is 5.46. The summed E-state index contributed by atoms with van der Waals surface area (Å²) in [6.07, 6.45) is 0. The minimum atomic E-state index is 0.155. The molecule has 0 saturated carbocycles. The fourth-order valence-corrected chi connectivity index (χ4v) is 2.69. The molecule has 1 aliphatic heterocycles. The summed E-state index contributed by atoms with van der Waals surface area (Å²) in [7, 11) is 3.32. The molecule has 0 amide bonds. The molecule has 0 spiro atoms. The first kappa shape index (κ1) is 15.5. The van der Waals surface area contributed by atoms with E-state index in [0.29, 0.717) is 18.0 Å². The van der Waals surface area contributed by atoms with Crippen molar-refractivity contribution >= 4 is 0 Å². The van der Waals surface area contributed by atoms with Gasteiger partial charge in [-0.2, -0.15) is 0 Å². The molecule has 0 saturated heterocycles. The lowest BCUT2D eigenvalue weighted by molar-refractivity contribution is 0.171. The first-order chi connectivity index (χ1) is 11.2. The van der Waals surface area contributed by atoms with Crippen LogP contribution in [-0.2, 0) is 6.54 Å². The van der Waals surface area contributed by atoms with Crippen LogP contribution in [0.3, 0.4) is 0 Å². The second-order valence-corrected chi connectivity index (χ2v) is 5.38. The molecule has 0 fully saturated rings. The third-order valence-electron chi connectivity index (χ3n) is 3.94. The van der Waals surface area contributed by atoms with Crippen LogP contribution in [0.2, 0.25) is 0 Å². The van der Waals surface area contributed by atoms with Gasteiger partial charge < -0.3 is 24.3 Å². The van der Waals surface area contributed by atoms with Crippen molar-refractivity contribution in [3.8, 4) is 23.0 Å². The predicted octanol–water partition coefficient (Wildman–Crippen LogP) is 3.28. The molecule has 5 heteroatoms. The Morgan fingerprint density at radius 1 is 1.09 bits per heavy atom. The van der Waals surface area contributed by atoms with Gasteiger partial charge in [-0.25, -0.2) is 0 Å². The van der Waals surface area contributed by atoms with Crippen molar-refractivity contribution in [3.05, 3.63) is 47.5 Å². The maximum Gasteiger partial charge on any atom is 0.231 e. The second kappa shape index (κ2) is 6.79. The van der Waals surface area contributed by atoms with Crippen LogP contribution in [0.1, 0.15) is 24.1 Å². The number of benzene rings is 2. The molecule has 1 aliphatic rings. The summed E-state index contributed by atoms with van der Waals surface area (Å²) in [5, 5.41) is 3.50. The van der Waals surface area contributed by atoms with Crippen LogP contribution in [-0.4, -0.2) is 21.0 Å². The summed E-state index contributed by atoms with van der Waals surface area (Å²) < 4.78 is 21.7. The number of methoxy groups -OCH3 is 2. The molecule has 23 heavy (non-hydrogen) atoms. The number of ether oxygens (including phenoxy) is 4. The molecule has 0 bridgehead atoms. The van der Waals surface area contributed by atoms with Crippen LogP contribution in [0.5, 0.6) is 23.0 Å². The summed E-state index contributed by atoms with van der Waals surface area (Å²) in [6, 6.07) is 12.1. The first-order valence-corrected chi connectivity index (χ1v) is 7.55. The van der Waals surface area contributed by atoms with Crippen molar-refractivity contribution in [2.24, 2.45) is 0 Å². The van der Waals surface area contributed by atoms with Crippen LogP contribution in [0, 0.1) is 0 Å². The van der Waals surface area contributed by atoms with Crippen molar-refractivity contribution in [1.82, 2.24) is 5.32 Å². The minimum Gasteiger partial charge on any atom is -0.496 e. The lowest BCUT2D eigenvalue weighted by Crippen LogP contribution is -2.18. The fourth-order valence-electron chi connectivity index (χ4n) is 2.69. The van der Waals surface area contributed by atoms with Gasteiger partial charge in [0.15, 0.2) is 11.5 Å². The van der Waals surface area contributed by atoms with Gasteiger partial charge in [0.05, 0.1) is 14.2 Å². The fraction of sp³-hybridized carbons (Fsp3) is 0.333. The Balaban J connectivity index is 1.73. The van der Waals surface area contributed by atoms with Crippen molar-refractivity contribution in [1.29, 1.82) is 0 Å². The van der Waals surface area contributed by atoms with Crippen LogP contribution in [0.25, 0.3) is 0 Å². The molecular weight excluding hydrogens is 294 g/mol. The van der Waals surface area contributed by atoms with Crippen LogP contribution in [0.15, 0.2) is 36.4 Å². The Morgan fingerprint density at radius 2 is 1.87 bits per heavy atom. The third-order valence-corrected chi connectivity index (χ3v) is 3.94. The van der Waals surface area contributed by atoms with E-state index in [4.69, 9.17) is 18.9 Å². The molecule has 3 rings (SSSR count). The van der Waals surface area contributed by atoms with Gasteiger partial charge in [0.2, 0.25) is 12.5 Å². The smallest absolute Gasteiger partial charge is 0.231 e. The molecule has 2 aromatic carbocycles. The largest absolute Gasteiger partial charge is 0.496 e. The molecule has 1 N–H and O–H groups in total. The number of rotatable bonds is 6. The molecule has 0 unspecified atom stereocenters. The van der Waals surface area contributed by atoms with Crippen molar-refractivity contribution in [2.75, 3.05) is 21.0 Å². The summed E-state index contributed by atoms with van der Waals surface area (Å²) in [5.41, 5.74) is 2.20. The minimum absolute atomic E-state index is 0.155. The van der Waals surface area contributed by atoms with Gasteiger partial charge in [0, 0.05) is 18.2 Å². The molecule has 0 aliphatic carbocycles. The monoisotopic (exact) mass is 315 g/mol. The summed E-state index contributed by atoms with van der Waals surface area (Å²) in [4.78, 5) is 0. The van der Waals surface area contributed by atoms with Crippen LogP contribution >= 0.6 is 0 Å². The quantitative estimate of drug-likeness (QED) is 0.886. The molecule has 5 nitrogen and oxygen atoms in total. The number of hydrogen-bond donors (Lipinski definition) is 1. The van der Waals surface area contributed by atoms with E-state index in [9.17, 15) is 0 Å². The Hall–Kier alpha value is -2.40. The van der Waals surface area contributed by atoms with Gasteiger partial charge >= 0.3 is 0 Å². The number of fused-ring (bicyclic) bond motifs is 1. The Kier molecular flexibility index (Phi) is 4.57. The number of para-hydroxylation sites is 1. The van der Waals surface area contributed by atoms with Gasteiger partial charge in [0.1, 0.15) is 5.75 Å². The van der Waals surface area contributed by atoms with Crippen molar-refractivity contribution in [2.45, 2.75) is 19.5 Å². The van der Waals surface area contributed by atoms with E-state index < -0.39 is 0 Å². The van der Waals surface area contributed by atoms with E-state index in [1.807, 2.05) is 30.3 Å². The predicted molar refractivity (Wildman–Crippen MR) is 87.4 cm³/mol. The Morgan fingerprint density at radius 3 is 2.65 bits per heavy atom. The molecule has 122 valence electrons. The summed E-state index contributed by atoms with van der Waals surface area (Å²) in [5.74, 6) is 2.98. The van der Waals surface area contributed by atoms with Crippen molar-refractivity contribution in [3.63, 3.8) is 0 Å². The Labute approximate surface area is 136 Å². The maximum atomic E-state index is 5.46. The highest BCUT2D eigenvalue weighted by atomic mass is 16.7. The third kappa shape index (κ3) is 3.19. The lowest BCUT2D eigenvalue weighted by atomic mass is 10.1. The normalized spacial score (nSPS) is 13.7. The molecule has 1 heterocycles. The highest BCUT2D eigenvalue weighted by Crippen LogP contribution is 2.41. The average Bonchev–Trinajstić information content (AvgIpc) is 3.07.